The second-order valence-electron chi connectivity index (χ2n) is 17.2. The number of benzene rings is 2. The first kappa shape index (κ1) is 40.3. The largest absolute Gasteiger partial charge is 0.419 e. The van der Waals surface area contributed by atoms with Crippen molar-refractivity contribution < 1.29 is 41.5 Å². The van der Waals surface area contributed by atoms with Crippen LogP contribution in [0.25, 0.3) is 0 Å². The van der Waals surface area contributed by atoms with E-state index in [1.165, 1.54) is 18.3 Å². The van der Waals surface area contributed by atoms with Crippen molar-refractivity contribution in [3.8, 4) is 6.07 Å². The lowest BCUT2D eigenvalue weighted by molar-refractivity contribution is -0.138. The molecule has 5 amide bonds. The number of pyridine rings is 1. The molecule has 1 spiro atoms. The van der Waals surface area contributed by atoms with Crippen LogP contribution in [0.2, 0.25) is 0 Å². The molecule has 61 heavy (non-hydrogen) atoms. The van der Waals surface area contributed by atoms with Gasteiger partial charge in [0, 0.05) is 82.3 Å². The number of anilines is 3. The highest BCUT2D eigenvalue weighted by Crippen LogP contribution is 2.43. The third kappa shape index (κ3) is 7.53. The predicted molar refractivity (Wildman–Crippen MR) is 213 cm³/mol. The van der Waals surface area contributed by atoms with Crippen LogP contribution >= 0.6 is 0 Å². The van der Waals surface area contributed by atoms with Crippen molar-refractivity contribution >= 4 is 46.6 Å². The Morgan fingerprint density at radius 3 is 2.13 bits per heavy atom. The van der Waals surface area contributed by atoms with Gasteiger partial charge in [-0.1, -0.05) is 0 Å². The van der Waals surface area contributed by atoms with Gasteiger partial charge >= 0.3 is 6.18 Å². The minimum Gasteiger partial charge on any atom is -0.370 e. The molecule has 18 heteroatoms. The van der Waals surface area contributed by atoms with E-state index in [1.54, 1.807) is 12.1 Å². The van der Waals surface area contributed by atoms with Crippen LogP contribution in [-0.4, -0.2) is 133 Å². The summed E-state index contributed by atoms with van der Waals surface area (Å²) in [5.74, 6) is -2.36. The predicted octanol–water partition coefficient (Wildman–Crippen LogP) is 3.86. The Morgan fingerprint density at radius 1 is 0.803 bits per heavy atom. The standard InChI is InChI=1S/C43H43F4N9O5/c44-42(25-55(26-42)29-5-6-31-32(19-29)40(61)56(39(31)60)35-7-8-36(57)50-37(35)58)24-51-15-17-53(18-16-51)28-3-1-27(2-4-28)38(59)54-14-11-41(23-54)9-12-52(13-10-41)30-20-33(43(45,46)47)34(21-48)49-22-30/h1-6,19-20,22,35H,7-18,23-26H2,(H,50,57,58). The van der Waals surface area contributed by atoms with E-state index in [4.69, 9.17) is 5.26 Å². The first-order valence-corrected chi connectivity index (χ1v) is 20.5. The molecule has 6 aliphatic heterocycles. The number of hydrogen-bond donors (Lipinski definition) is 1. The molecule has 14 nitrogen and oxygen atoms in total. The number of alkyl halides is 4. The van der Waals surface area contributed by atoms with Crippen molar-refractivity contribution in [2.75, 3.05) is 86.7 Å². The van der Waals surface area contributed by atoms with Crippen LogP contribution in [0.3, 0.4) is 0 Å². The Kier molecular flexibility index (Phi) is 9.99. The number of piperazine rings is 1. The summed E-state index contributed by atoms with van der Waals surface area (Å²) in [5.41, 5.74) is -0.409. The van der Waals surface area contributed by atoms with Gasteiger partial charge in [0.15, 0.2) is 11.4 Å². The number of carbonyl (C=O) groups is 5. The van der Waals surface area contributed by atoms with Gasteiger partial charge in [0.1, 0.15) is 12.1 Å². The average Bonchev–Trinajstić information content (AvgIpc) is 3.76. The summed E-state index contributed by atoms with van der Waals surface area (Å²) in [6.45, 7) is 5.39. The number of likely N-dealkylation sites (tertiary alicyclic amines) is 1. The molecule has 1 atom stereocenters. The molecule has 6 aliphatic rings. The lowest BCUT2D eigenvalue weighted by atomic mass is 9.77. The number of hydrogen-bond acceptors (Lipinski definition) is 11. The summed E-state index contributed by atoms with van der Waals surface area (Å²) < 4.78 is 56.6. The number of nitriles is 1. The molecule has 5 saturated heterocycles. The van der Waals surface area contributed by atoms with Crippen LogP contribution in [0.5, 0.6) is 0 Å². The Balaban J connectivity index is 0.733. The fourth-order valence-corrected chi connectivity index (χ4v) is 9.83. The Bertz CT molecular complexity index is 2350. The van der Waals surface area contributed by atoms with Crippen molar-refractivity contribution in [1.29, 1.82) is 5.26 Å². The van der Waals surface area contributed by atoms with E-state index < -0.39 is 52.8 Å². The Labute approximate surface area is 348 Å². The molecule has 0 aliphatic carbocycles. The van der Waals surface area contributed by atoms with Gasteiger partial charge in [-0.3, -0.25) is 39.1 Å². The molecule has 1 unspecified atom stereocenters. The van der Waals surface area contributed by atoms with E-state index in [0.29, 0.717) is 69.3 Å². The van der Waals surface area contributed by atoms with Crippen LogP contribution < -0.4 is 20.0 Å². The maximum absolute atomic E-state index is 16.0. The summed E-state index contributed by atoms with van der Waals surface area (Å²) in [4.78, 5) is 78.5. The summed E-state index contributed by atoms with van der Waals surface area (Å²) in [5, 5.41) is 11.3. The molecular weight excluding hydrogens is 799 g/mol. The van der Waals surface area contributed by atoms with Gasteiger partial charge in [-0.2, -0.15) is 18.4 Å². The molecule has 1 N–H and O–H groups in total. The molecule has 0 saturated carbocycles. The minimum atomic E-state index is -4.68. The van der Waals surface area contributed by atoms with Crippen molar-refractivity contribution in [2.45, 2.75) is 50.0 Å². The van der Waals surface area contributed by atoms with E-state index in [1.807, 2.05) is 39.0 Å². The van der Waals surface area contributed by atoms with Crippen molar-refractivity contribution in [3.05, 3.63) is 82.7 Å². The number of amides is 5. The zero-order valence-corrected chi connectivity index (χ0v) is 33.2. The number of nitrogens with zero attached hydrogens (tertiary/aromatic N) is 8. The third-order valence-corrected chi connectivity index (χ3v) is 13.3. The van der Waals surface area contributed by atoms with Gasteiger partial charge in [-0.25, -0.2) is 9.37 Å². The van der Waals surface area contributed by atoms with Crippen molar-refractivity contribution in [1.82, 2.24) is 25.0 Å². The summed E-state index contributed by atoms with van der Waals surface area (Å²) in [6, 6.07) is 13.8. The Hall–Kier alpha value is -6.09. The smallest absolute Gasteiger partial charge is 0.370 e. The fourth-order valence-electron chi connectivity index (χ4n) is 9.83. The number of piperidine rings is 2. The third-order valence-electron chi connectivity index (χ3n) is 13.3. The first-order chi connectivity index (χ1) is 29.1. The fraction of sp³-hybridized carbons (Fsp3) is 0.465. The Morgan fingerprint density at radius 2 is 1.46 bits per heavy atom. The van der Waals surface area contributed by atoms with Gasteiger partial charge in [-0.05, 0) is 79.6 Å². The number of rotatable bonds is 7. The quantitative estimate of drug-likeness (QED) is 0.273. The van der Waals surface area contributed by atoms with Gasteiger partial charge in [0.05, 0.1) is 41.7 Å². The van der Waals surface area contributed by atoms with Crippen LogP contribution in [-0.2, 0) is 15.8 Å². The monoisotopic (exact) mass is 841 g/mol. The molecule has 3 aromatic rings. The van der Waals surface area contributed by atoms with Gasteiger partial charge in [0.2, 0.25) is 11.8 Å². The summed E-state index contributed by atoms with van der Waals surface area (Å²) >= 11 is 0. The lowest BCUT2D eigenvalue weighted by Crippen LogP contribution is -2.65. The topological polar surface area (TPSA) is 154 Å². The second kappa shape index (κ2) is 15.1. The van der Waals surface area contributed by atoms with Crippen LogP contribution in [0, 0.1) is 16.7 Å². The van der Waals surface area contributed by atoms with E-state index in [-0.39, 0.29) is 54.9 Å². The van der Waals surface area contributed by atoms with E-state index >= 15 is 4.39 Å². The molecule has 5 fully saturated rings. The molecular formula is C43H43F4N9O5. The maximum atomic E-state index is 16.0. The zero-order valence-electron chi connectivity index (χ0n) is 33.2. The lowest BCUT2D eigenvalue weighted by Gasteiger charge is -2.49. The number of carbonyl (C=O) groups excluding carboxylic acids is 5. The molecule has 7 heterocycles. The summed E-state index contributed by atoms with van der Waals surface area (Å²) in [6.07, 6.45) is -0.996. The normalized spacial score (nSPS) is 22.7. The highest BCUT2D eigenvalue weighted by Gasteiger charge is 2.48. The number of fused-ring (bicyclic) bond motifs is 1. The highest BCUT2D eigenvalue weighted by molar-refractivity contribution is 6.23. The van der Waals surface area contributed by atoms with Gasteiger partial charge in [-0.15, -0.1) is 0 Å². The average molecular weight is 842 g/mol. The molecule has 9 rings (SSSR count). The number of aromatic nitrogens is 1. The molecule has 1 aromatic heterocycles. The highest BCUT2D eigenvalue weighted by atomic mass is 19.4. The SMILES string of the molecule is N#Cc1ncc(N2CCC3(CCN(C(=O)c4ccc(N5CCN(CC6(F)CN(c7ccc8c(c7)C(=O)N(C7CCC(=O)NC7=O)C8=O)C6)CC5)cc4)C3)CC2)cc1C(F)(F)F. The van der Waals surface area contributed by atoms with E-state index in [2.05, 4.69) is 20.1 Å². The van der Waals surface area contributed by atoms with Crippen LogP contribution in [0.4, 0.5) is 34.6 Å². The second-order valence-corrected chi connectivity index (χ2v) is 17.2. The van der Waals surface area contributed by atoms with Gasteiger partial charge < -0.3 is 19.6 Å². The van der Waals surface area contributed by atoms with Crippen LogP contribution in [0.15, 0.2) is 54.7 Å². The first-order valence-electron chi connectivity index (χ1n) is 20.5. The van der Waals surface area contributed by atoms with Crippen molar-refractivity contribution in [3.63, 3.8) is 0 Å². The molecule has 0 bridgehead atoms. The van der Waals surface area contributed by atoms with Crippen molar-refractivity contribution in [2.24, 2.45) is 5.41 Å². The van der Waals surface area contributed by atoms with Gasteiger partial charge in [0.25, 0.3) is 17.7 Å². The minimum absolute atomic E-state index is 0.0326. The summed E-state index contributed by atoms with van der Waals surface area (Å²) in [7, 11) is 0. The molecule has 318 valence electrons. The molecule has 2 aromatic carbocycles. The number of nitrogens with one attached hydrogen (secondary N) is 1. The maximum Gasteiger partial charge on any atom is 0.419 e. The number of halogens is 4. The number of imide groups is 2. The van der Waals surface area contributed by atoms with E-state index in [0.717, 1.165) is 35.9 Å². The molecule has 0 radical (unpaired) electrons. The van der Waals surface area contributed by atoms with Crippen LogP contribution in [0.1, 0.15) is 74.4 Å². The zero-order chi connectivity index (χ0) is 42.8. The van der Waals surface area contributed by atoms with E-state index in [9.17, 15) is 37.1 Å².